The molecule has 0 saturated heterocycles. The minimum absolute atomic E-state index is 0.195. The summed E-state index contributed by atoms with van der Waals surface area (Å²) in [5.41, 5.74) is 37.6. The van der Waals surface area contributed by atoms with Crippen molar-refractivity contribution >= 4 is 54.5 Å². The molecule has 0 fully saturated rings. The van der Waals surface area contributed by atoms with Crippen molar-refractivity contribution in [2.24, 2.45) is 0 Å². The summed E-state index contributed by atoms with van der Waals surface area (Å²) in [5.74, 6) is 1.77. The Kier molecular flexibility index (Phi) is 15.8. The van der Waals surface area contributed by atoms with Crippen LogP contribution in [0.15, 0.2) is 388 Å². The van der Waals surface area contributed by atoms with Crippen LogP contribution < -0.4 is 9.80 Å². The molecule has 6 nitrogen and oxygen atoms in total. The largest absolute Gasteiger partial charge is 0.349 e. The summed E-state index contributed by atoms with van der Waals surface area (Å²) in [6.45, 7) is 11.9. The van der Waals surface area contributed by atoms with E-state index in [0.717, 1.165) is 110 Å². The number of imidazole rings is 2. The van der Waals surface area contributed by atoms with Gasteiger partial charge in [-0.1, -0.05) is 355 Å². The standard InChI is InChI=1S/C115H82N6/c1-114(2)98-53-27-25-43-86(98)88-59-57-84(67-100(88)114)120-110(74-35-13-7-14-36-74)108(72-31-9-5-10-32-72)116-112(120)80-41-29-39-76(63-80)104-90-45-17-21-49-94(90)106(95-50-22-18-46-91(95)104)78-55-61-102-82(65-78)69-118-71-119(102)70-83-66-79(56-62-103(83)118)107-96-51-23-19-47-92(96)105(93-48-20-24-52-97(93)107)77-40-30-42-81(64-77)113-117-109(73-33-11-6-12-34-73)111(75-37-15-8-16-38-75)121(113)85-58-60-89-87-44-26-28-54-99(87)115(3,4)101(89)68-85/h5-68H,69-71H2,1-4H3. The molecule has 121 heavy (non-hydrogen) atoms. The molecular weight excluding hydrogens is 1470 g/mol. The number of nitrogens with zero attached hydrogens (tertiary/aromatic N) is 6. The molecule has 2 bridgehead atoms. The van der Waals surface area contributed by atoms with Gasteiger partial charge in [0.25, 0.3) is 0 Å². The SMILES string of the molecule is CC1(C)c2ccccc2-c2ccc(-n3c(-c4cccc(-c5c6ccccc6c(-c6ccc7c(c6)CN6CN7Cc7cc(-c8c9ccccc9c(-c9cccc(-c%10nc(-c%11ccccc%11)c(-c%11ccccc%11)n%10-c%10ccc%11c(c%10)C(C)(C)c%10ccccc%10-%11)c9)c9ccccc89)ccc76)c6ccccc56)c4)nc(-c4ccccc4)c3-c3ccccc3)cc21. The molecule has 0 unspecified atom stereocenters. The van der Waals surface area contributed by atoms with Gasteiger partial charge in [-0.2, -0.15) is 0 Å². The zero-order valence-corrected chi connectivity index (χ0v) is 67.8. The minimum atomic E-state index is -0.195. The van der Waals surface area contributed by atoms with E-state index in [2.05, 4.69) is 435 Å². The van der Waals surface area contributed by atoms with Gasteiger partial charge in [0.05, 0.1) is 29.4 Å². The van der Waals surface area contributed by atoms with Crippen LogP contribution in [-0.2, 0) is 23.9 Å². The van der Waals surface area contributed by atoms with Crippen molar-refractivity contribution in [2.45, 2.75) is 51.6 Å². The van der Waals surface area contributed by atoms with E-state index in [0.29, 0.717) is 0 Å². The Morgan fingerprint density at radius 2 is 0.521 bits per heavy atom. The molecule has 2 aromatic heterocycles. The Bertz CT molecular complexity index is 7110. The number of aromatic nitrogens is 4. The molecular formula is C115H82N6. The highest BCUT2D eigenvalue weighted by atomic mass is 15.4. The molecule has 4 heterocycles. The van der Waals surface area contributed by atoms with Crippen molar-refractivity contribution in [1.82, 2.24) is 19.1 Å². The second-order valence-corrected chi connectivity index (χ2v) is 34.3. The van der Waals surface area contributed by atoms with Crippen molar-refractivity contribution in [2.75, 3.05) is 16.5 Å². The Labute approximate surface area is 704 Å². The van der Waals surface area contributed by atoms with E-state index < -0.39 is 0 Å². The number of hydrogen-bond acceptors (Lipinski definition) is 4. The molecule has 2 aliphatic carbocycles. The second kappa shape index (κ2) is 27.3. The summed E-state index contributed by atoms with van der Waals surface area (Å²) in [6, 6.07) is 144. The second-order valence-electron chi connectivity index (χ2n) is 34.3. The summed E-state index contributed by atoms with van der Waals surface area (Å²) < 4.78 is 4.86. The van der Waals surface area contributed by atoms with E-state index in [9.17, 15) is 0 Å². The zero-order chi connectivity index (χ0) is 80.3. The number of benzene rings is 18. The van der Waals surface area contributed by atoms with Crippen LogP contribution in [0, 0.1) is 0 Å². The van der Waals surface area contributed by atoms with Crippen LogP contribution in [0.4, 0.5) is 11.4 Å². The first kappa shape index (κ1) is 70.2. The lowest BCUT2D eigenvalue weighted by molar-refractivity contribution is 0.651. The van der Waals surface area contributed by atoms with Gasteiger partial charge in [-0.15, -0.1) is 0 Å². The fraction of sp³-hybridized carbons (Fsp3) is 0.0783. The van der Waals surface area contributed by atoms with Crippen molar-refractivity contribution in [1.29, 1.82) is 0 Å². The maximum atomic E-state index is 5.80. The summed E-state index contributed by atoms with van der Waals surface area (Å²) >= 11 is 0. The summed E-state index contributed by atoms with van der Waals surface area (Å²) in [4.78, 5) is 16.8. The lowest BCUT2D eigenvalue weighted by Gasteiger charge is -2.45. The van der Waals surface area contributed by atoms with Gasteiger partial charge in [0.1, 0.15) is 11.6 Å². The third-order valence-electron chi connectivity index (χ3n) is 26.8. The maximum absolute atomic E-state index is 5.80. The molecule has 4 aliphatic rings. The monoisotopic (exact) mass is 1550 g/mol. The first-order valence-corrected chi connectivity index (χ1v) is 42.4. The van der Waals surface area contributed by atoms with Gasteiger partial charge in [0.15, 0.2) is 0 Å². The van der Waals surface area contributed by atoms with Crippen LogP contribution in [0.25, 0.3) is 189 Å². The molecule has 0 saturated carbocycles. The van der Waals surface area contributed by atoms with Gasteiger partial charge in [-0.05, 0) is 204 Å². The fourth-order valence-corrected chi connectivity index (χ4v) is 21.2. The number of anilines is 2. The minimum Gasteiger partial charge on any atom is -0.349 e. The molecule has 0 amide bonds. The fourth-order valence-electron chi connectivity index (χ4n) is 21.2. The summed E-state index contributed by atoms with van der Waals surface area (Å²) in [6.07, 6.45) is 0. The van der Waals surface area contributed by atoms with Crippen LogP contribution in [0.5, 0.6) is 0 Å². The van der Waals surface area contributed by atoms with E-state index in [1.165, 1.54) is 143 Å². The van der Waals surface area contributed by atoms with Crippen LogP contribution in [0.3, 0.4) is 0 Å². The molecule has 2 aliphatic heterocycles. The van der Waals surface area contributed by atoms with Crippen LogP contribution >= 0.6 is 0 Å². The highest BCUT2D eigenvalue weighted by Gasteiger charge is 2.39. The Balaban J connectivity index is 0.585. The van der Waals surface area contributed by atoms with Gasteiger partial charge in [-0.25, -0.2) is 9.97 Å². The van der Waals surface area contributed by atoms with Crippen molar-refractivity contribution in [3.8, 4) is 146 Å². The average molecular weight is 1550 g/mol. The first-order valence-electron chi connectivity index (χ1n) is 42.4. The highest BCUT2D eigenvalue weighted by Crippen LogP contribution is 2.55. The van der Waals surface area contributed by atoms with Gasteiger partial charge in [-0.3, -0.25) is 9.13 Å². The molecule has 0 atom stereocenters. The number of hydrogen-bond donors (Lipinski definition) is 0. The highest BCUT2D eigenvalue weighted by molar-refractivity contribution is 6.23. The van der Waals surface area contributed by atoms with Crippen LogP contribution in [0.1, 0.15) is 61.1 Å². The molecule has 0 spiro atoms. The molecule has 572 valence electrons. The predicted octanol–water partition coefficient (Wildman–Crippen LogP) is 29.3. The molecule has 24 rings (SSSR count). The van der Waals surface area contributed by atoms with Gasteiger partial charge in [0, 0.05) is 80.0 Å². The summed E-state index contributed by atoms with van der Waals surface area (Å²) in [7, 11) is 0. The molecule has 0 N–H and O–H groups in total. The maximum Gasteiger partial charge on any atom is 0.145 e. The van der Waals surface area contributed by atoms with Crippen molar-refractivity contribution in [3.63, 3.8) is 0 Å². The van der Waals surface area contributed by atoms with Gasteiger partial charge in [0.2, 0.25) is 0 Å². The number of rotatable bonds is 12. The zero-order valence-electron chi connectivity index (χ0n) is 67.8. The quantitative estimate of drug-likeness (QED) is 0.114. The van der Waals surface area contributed by atoms with E-state index >= 15 is 0 Å². The van der Waals surface area contributed by atoms with Crippen molar-refractivity contribution < 1.29 is 0 Å². The third kappa shape index (κ3) is 11.0. The van der Waals surface area contributed by atoms with Gasteiger partial charge < -0.3 is 9.80 Å². The van der Waals surface area contributed by atoms with E-state index in [4.69, 9.17) is 9.97 Å². The molecule has 20 aromatic rings. The molecule has 6 heteroatoms. The number of fused-ring (bicyclic) bond motifs is 16. The van der Waals surface area contributed by atoms with E-state index in [1.54, 1.807) is 0 Å². The van der Waals surface area contributed by atoms with Crippen LogP contribution in [0.2, 0.25) is 0 Å². The van der Waals surface area contributed by atoms with Crippen molar-refractivity contribution in [3.05, 3.63) is 422 Å². The molecule has 18 aromatic carbocycles. The third-order valence-corrected chi connectivity index (χ3v) is 26.8. The predicted molar refractivity (Wildman–Crippen MR) is 504 cm³/mol. The molecule has 0 radical (unpaired) electrons. The summed E-state index contributed by atoms with van der Waals surface area (Å²) in [5, 5.41) is 9.72. The normalized spacial score (nSPS) is 13.8. The van der Waals surface area contributed by atoms with E-state index in [1.807, 2.05) is 0 Å². The van der Waals surface area contributed by atoms with Crippen LogP contribution in [-0.4, -0.2) is 25.8 Å². The lowest BCUT2D eigenvalue weighted by atomic mass is 9.82. The van der Waals surface area contributed by atoms with E-state index in [-0.39, 0.29) is 10.8 Å². The Morgan fingerprint density at radius 3 is 0.876 bits per heavy atom. The first-order chi connectivity index (χ1) is 59.5. The topological polar surface area (TPSA) is 42.1 Å². The lowest BCUT2D eigenvalue weighted by Crippen LogP contribution is -2.46. The Hall–Kier alpha value is -15.0. The Morgan fingerprint density at radius 1 is 0.231 bits per heavy atom. The smallest absolute Gasteiger partial charge is 0.145 e. The average Bonchev–Trinajstić information content (AvgIpc) is 1.55. The van der Waals surface area contributed by atoms with Gasteiger partial charge >= 0.3 is 0 Å².